The Morgan fingerprint density at radius 3 is 2.47 bits per heavy atom. The predicted octanol–water partition coefficient (Wildman–Crippen LogP) is 7.36. The molecule has 5 heteroatoms. The molecule has 1 N–H and O–H groups in total. The van der Waals surface area contributed by atoms with Crippen molar-refractivity contribution in [3.63, 3.8) is 0 Å². The molecule has 4 rings (SSSR count). The molecule has 3 aromatic rings. The molecule has 2 aromatic carbocycles. The number of benzene rings is 2. The zero-order chi connectivity index (χ0) is 21.5. The average molecular weight is 427 g/mol. The second-order valence-electron chi connectivity index (χ2n) is 7.54. The standard InChI is InChI=1S/C23H22ClFN2O.C2H6/c24-17-5-8-19(9-6-17)27-23(28)13-15-1-3-16(4-2-15)20-11-12-26-22-10-7-18(25)14-21(20)22;1-2/h5-12,14-16H,1-4,13H2,(H,27,28);1-2H3. The van der Waals surface area contributed by atoms with E-state index in [2.05, 4.69) is 10.3 Å². The molecule has 1 aromatic heterocycles. The van der Waals surface area contributed by atoms with Crippen molar-refractivity contribution in [3.05, 3.63) is 71.1 Å². The van der Waals surface area contributed by atoms with E-state index in [1.807, 2.05) is 32.0 Å². The van der Waals surface area contributed by atoms with Crippen molar-refractivity contribution in [2.24, 2.45) is 5.92 Å². The average Bonchev–Trinajstić information content (AvgIpc) is 2.77. The Kier molecular flexibility index (Phi) is 7.81. The first-order valence-electron chi connectivity index (χ1n) is 10.7. The summed E-state index contributed by atoms with van der Waals surface area (Å²) in [5.41, 5.74) is 2.78. The largest absolute Gasteiger partial charge is 0.326 e. The van der Waals surface area contributed by atoms with E-state index in [1.165, 1.54) is 11.6 Å². The van der Waals surface area contributed by atoms with E-state index < -0.39 is 0 Å². The normalized spacial score (nSPS) is 18.4. The van der Waals surface area contributed by atoms with Gasteiger partial charge in [-0.3, -0.25) is 9.78 Å². The number of fused-ring (bicyclic) bond motifs is 1. The summed E-state index contributed by atoms with van der Waals surface area (Å²) in [6, 6.07) is 13.9. The first-order chi connectivity index (χ1) is 14.6. The molecule has 0 bridgehead atoms. The first kappa shape index (κ1) is 22.2. The van der Waals surface area contributed by atoms with Crippen molar-refractivity contribution in [3.8, 4) is 0 Å². The number of nitrogens with zero attached hydrogens (tertiary/aromatic N) is 1. The summed E-state index contributed by atoms with van der Waals surface area (Å²) in [5.74, 6) is 0.591. The van der Waals surface area contributed by atoms with Crippen LogP contribution in [0.15, 0.2) is 54.7 Å². The molecule has 158 valence electrons. The molecule has 0 spiro atoms. The van der Waals surface area contributed by atoms with Crippen LogP contribution in [0.4, 0.5) is 10.1 Å². The molecular weight excluding hydrogens is 399 g/mol. The zero-order valence-electron chi connectivity index (χ0n) is 17.5. The molecule has 1 aliphatic carbocycles. The molecule has 3 nitrogen and oxygen atoms in total. The van der Waals surface area contributed by atoms with Gasteiger partial charge in [-0.05, 0) is 91.6 Å². The minimum Gasteiger partial charge on any atom is -0.326 e. The number of anilines is 1. The van der Waals surface area contributed by atoms with E-state index in [9.17, 15) is 9.18 Å². The van der Waals surface area contributed by atoms with E-state index in [0.29, 0.717) is 23.3 Å². The number of rotatable bonds is 4. The second kappa shape index (κ2) is 10.5. The molecular formula is C25H28ClFN2O. The highest BCUT2D eigenvalue weighted by Gasteiger charge is 2.25. The van der Waals surface area contributed by atoms with Gasteiger partial charge in [0.15, 0.2) is 0 Å². The Morgan fingerprint density at radius 1 is 1.07 bits per heavy atom. The Morgan fingerprint density at radius 2 is 1.77 bits per heavy atom. The van der Waals surface area contributed by atoms with Crippen LogP contribution in [0.1, 0.15) is 57.4 Å². The van der Waals surface area contributed by atoms with E-state index in [1.54, 1.807) is 30.5 Å². The van der Waals surface area contributed by atoms with E-state index in [-0.39, 0.29) is 11.7 Å². The van der Waals surface area contributed by atoms with Crippen molar-refractivity contribution in [1.29, 1.82) is 0 Å². The molecule has 0 aliphatic heterocycles. The molecule has 1 fully saturated rings. The van der Waals surface area contributed by atoms with Gasteiger partial charge < -0.3 is 5.32 Å². The summed E-state index contributed by atoms with van der Waals surface area (Å²) in [6.07, 6.45) is 6.35. The van der Waals surface area contributed by atoms with Crippen LogP contribution in [-0.4, -0.2) is 10.9 Å². The lowest BCUT2D eigenvalue weighted by Crippen LogP contribution is -2.20. The number of amides is 1. The number of nitrogens with one attached hydrogen (secondary N) is 1. The van der Waals surface area contributed by atoms with Gasteiger partial charge in [-0.2, -0.15) is 0 Å². The molecule has 1 amide bonds. The van der Waals surface area contributed by atoms with E-state index >= 15 is 0 Å². The summed E-state index contributed by atoms with van der Waals surface area (Å²) >= 11 is 5.88. The number of carbonyl (C=O) groups is 1. The van der Waals surface area contributed by atoms with Crippen LogP contribution in [0.25, 0.3) is 10.9 Å². The Labute approximate surface area is 182 Å². The maximum Gasteiger partial charge on any atom is 0.224 e. The van der Waals surface area contributed by atoms with E-state index in [0.717, 1.165) is 42.3 Å². The van der Waals surface area contributed by atoms with Crippen LogP contribution in [0.5, 0.6) is 0 Å². The van der Waals surface area contributed by atoms with Gasteiger partial charge in [0.2, 0.25) is 5.91 Å². The van der Waals surface area contributed by atoms with Gasteiger partial charge in [0.05, 0.1) is 5.52 Å². The van der Waals surface area contributed by atoms with Crippen molar-refractivity contribution in [1.82, 2.24) is 4.98 Å². The highest BCUT2D eigenvalue weighted by molar-refractivity contribution is 6.30. The van der Waals surface area contributed by atoms with Gasteiger partial charge >= 0.3 is 0 Å². The second-order valence-corrected chi connectivity index (χ2v) is 7.97. The van der Waals surface area contributed by atoms with Gasteiger partial charge in [-0.15, -0.1) is 0 Å². The predicted molar refractivity (Wildman–Crippen MR) is 122 cm³/mol. The number of hydrogen-bond donors (Lipinski definition) is 1. The fourth-order valence-corrected chi connectivity index (χ4v) is 4.31. The zero-order valence-corrected chi connectivity index (χ0v) is 18.3. The highest BCUT2D eigenvalue weighted by Crippen LogP contribution is 2.39. The summed E-state index contributed by atoms with van der Waals surface area (Å²) < 4.78 is 13.7. The third-order valence-corrected chi connectivity index (χ3v) is 5.88. The Balaban J connectivity index is 0.00000124. The number of aromatic nitrogens is 1. The maximum absolute atomic E-state index is 13.7. The third-order valence-electron chi connectivity index (χ3n) is 5.63. The molecule has 0 unspecified atom stereocenters. The van der Waals surface area contributed by atoms with Gasteiger partial charge in [-0.25, -0.2) is 4.39 Å². The Bertz CT molecular complexity index is 982. The topological polar surface area (TPSA) is 42.0 Å². The lowest BCUT2D eigenvalue weighted by Gasteiger charge is -2.29. The summed E-state index contributed by atoms with van der Waals surface area (Å²) in [4.78, 5) is 16.7. The summed E-state index contributed by atoms with van der Waals surface area (Å²) in [5, 5.41) is 4.50. The van der Waals surface area contributed by atoms with Crippen molar-refractivity contribution in [2.75, 3.05) is 5.32 Å². The number of carbonyl (C=O) groups excluding carboxylic acids is 1. The van der Waals surface area contributed by atoms with Crippen molar-refractivity contribution >= 4 is 34.1 Å². The highest BCUT2D eigenvalue weighted by atomic mass is 35.5. The molecule has 1 aliphatic rings. The third kappa shape index (κ3) is 5.57. The van der Waals surface area contributed by atoms with Gasteiger partial charge in [-0.1, -0.05) is 25.4 Å². The van der Waals surface area contributed by atoms with Crippen LogP contribution in [-0.2, 0) is 4.79 Å². The smallest absolute Gasteiger partial charge is 0.224 e. The fourth-order valence-electron chi connectivity index (χ4n) is 4.18. The number of halogens is 2. The monoisotopic (exact) mass is 426 g/mol. The van der Waals surface area contributed by atoms with Crippen LogP contribution in [0, 0.1) is 11.7 Å². The lowest BCUT2D eigenvalue weighted by atomic mass is 9.77. The minimum atomic E-state index is -0.227. The van der Waals surface area contributed by atoms with Crippen LogP contribution >= 0.6 is 11.6 Å². The molecule has 30 heavy (non-hydrogen) atoms. The number of hydrogen-bond acceptors (Lipinski definition) is 2. The summed E-state index contributed by atoms with van der Waals surface area (Å²) in [7, 11) is 0. The molecule has 1 saturated carbocycles. The van der Waals surface area contributed by atoms with Crippen molar-refractivity contribution in [2.45, 2.75) is 51.9 Å². The summed E-state index contributed by atoms with van der Waals surface area (Å²) in [6.45, 7) is 4.00. The van der Waals surface area contributed by atoms with Crippen LogP contribution < -0.4 is 5.32 Å². The fraction of sp³-hybridized carbons (Fsp3) is 0.360. The van der Waals surface area contributed by atoms with Crippen LogP contribution in [0.2, 0.25) is 5.02 Å². The van der Waals surface area contributed by atoms with E-state index in [4.69, 9.17) is 11.6 Å². The quantitative estimate of drug-likeness (QED) is 0.473. The van der Waals surface area contributed by atoms with Gasteiger partial charge in [0, 0.05) is 28.7 Å². The molecule has 0 saturated heterocycles. The molecule has 1 heterocycles. The SMILES string of the molecule is CC.O=C(CC1CCC(c2ccnc3ccc(F)cc23)CC1)Nc1ccc(Cl)cc1. The minimum absolute atomic E-state index is 0.0437. The Hall–Kier alpha value is -2.46. The first-order valence-corrected chi connectivity index (χ1v) is 11.1. The van der Waals surface area contributed by atoms with Crippen LogP contribution in [0.3, 0.4) is 0 Å². The lowest BCUT2D eigenvalue weighted by molar-refractivity contribution is -0.117. The maximum atomic E-state index is 13.7. The number of pyridine rings is 1. The van der Waals surface area contributed by atoms with Gasteiger partial charge in [0.1, 0.15) is 5.82 Å². The van der Waals surface area contributed by atoms with Gasteiger partial charge in [0.25, 0.3) is 0 Å². The molecule has 0 radical (unpaired) electrons. The molecule has 0 atom stereocenters. The van der Waals surface area contributed by atoms with Crippen molar-refractivity contribution < 1.29 is 9.18 Å².